The van der Waals surface area contributed by atoms with Gasteiger partial charge in [0, 0.05) is 24.6 Å². The van der Waals surface area contributed by atoms with Gasteiger partial charge in [0.1, 0.15) is 11.5 Å². The maximum atomic E-state index is 12.1. The molecule has 5 heteroatoms. The summed E-state index contributed by atoms with van der Waals surface area (Å²) in [7, 11) is 0. The van der Waals surface area contributed by atoms with Gasteiger partial charge in [-0.05, 0) is 31.4 Å². The van der Waals surface area contributed by atoms with Gasteiger partial charge in [-0.3, -0.25) is 4.79 Å². The fourth-order valence-corrected chi connectivity index (χ4v) is 2.22. The van der Waals surface area contributed by atoms with Crippen LogP contribution in [0, 0.1) is 0 Å². The number of H-pyrrole nitrogens is 1. The fourth-order valence-electron chi connectivity index (χ4n) is 2.22. The number of rotatable bonds is 4. The molecule has 1 fully saturated rings. The van der Waals surface area contributed by atoms with Crippen LogP contribution >= 0.6 is 0 Å². The lowest BCUT2D eigenvalue weighted by Crippen LogP contribution is -2.28. The van der Waals surface area contributed by atoms with E-state index in [0.717, 1.165) is 11.5 Å². The van der Waals surface area contributed by atoms with E-state index in [2.05, 4.69) is 19.9 Å². The first-order valence-corrected chi connectivity index (χ1v) is 6.28. The van der Waals surface area contributed by atoms with E-state index in [1.807, 2.05) is 18.3 Å². The molecule has 2 aromatic rings. The Morgan fingerprint density at radius 3 is 3.11 bits per heavy atom. The van der Waals surface area contributed by atoms with Crippen molar-refractivity contribution in [3.8, 4) is 0 Å². The Morgan fingerprint density at radius 1 is 1.56 bits per heavy atom. The molecule has 2 heterocycles. The number of hydrogen-bond acceptors (Lipinski definition) is 2. The molecule has 0 bridgehead atoms. The number of amides is 1. The minimum atomic E-state index is -0.0386. The summed E-state index contributed by atoms with van der Waals surface area (Å²) in [5, 5.41) is 2.88. The zero-order chi connectivity index (χ0) is 12.4. The van der Waals surface area contributed by atoms with E-state index < -0.39 is 0 Å². The van der Waals surface area contributed by atoms with Gasteiger partial charge in [-0.25, -0.2) is 4.98 Å². The Hall–Kier alpha value is -2.04. The van der Waals surface area contributed by atoms with Gasteiger partial charge in [0.25, 0.3) is 5.91 Å². The standard InChI is InChI=1S/C13H16N4O/c18-13(16-9-12-14-6-7-15-12)11-5-2-8-17(11)10-3-1-4-10/h2,5-8,10H,1,3-4,9H2,(H,14,15)(H,16,18). The second-order valence-corrected chi connectivity index (χ2v) is 4.60. The second kappa shape index (κ2) is 4.68. The van der Waals surface area contributed by atoms with Crippen molar-refractivity contribution >= 4 is 5.91 Å². The van der Waals surface area contributed by atoms with E-state index in [0.29, 0.717) is 12.6 Å². The molecule has 5 nitrogen and oxygen atoms in total. The molecule has 0 radical (unpaired) electrons. The summed E-state index contributed by atoms with van der Waals surface area (Å²) in [4.78, 5) is 19.1. The molecule has 0 unspecified atom stereocenters. The Balaban J connectivity index is 1.66. The van der Waals surface area contributed by atoms with Crippen LogP contribution in [0.3, 0.4) is 0 Å². The van der Waals surface area contributed by atoms with Crippen LogP contribution in [0.15, 0.2) is 30.7 Å². The van der Waals surface area contributed by atoms with Crippen molar-refractivity contribution in [1.29, 1.82) is 0 Å². The third-order valence-electron chi connectivity index (χ3n) is 3.45. The van der Waals surface area contributed by atoms with Gasteiger partial charge in [0.15, 0.2) is 0 Å². The van der Waals surface area contributed by atoms with Crippen LogP contribution in [-0.4, -0.2) is 20.4 Å². The van der Waals surface area contributed by atoms with E-state index in [4.69, 9.17) is 0 Å². The Kier molecular flexibility index (Phi) is 2.88. The fraction of sp³-hybridized carbons (Fsp3) is 0.385. The molecule has 3 rings (SSSR count). The van der Waals surface area contributed by atoms with Crippen LogP contribution < -0.4 is 5.32 Å². The number of hydrogen-bond donors (Lipinski definition) is 2. The summed E-state index contributed by atoms with van der Waals surface area (Å²) in [6.07, 6.45) is 9.03. The Morgan fingerprint density at radius 2 is 2.44 bits per heavy atom. The number of nitrogens with zero attached hydrogens (tertiary/aromatic N) is 2. The Labute approximate surface area is 105 Å². The first-order chi connectivity index (χ1) is 8.84. The van der Waals surface area contributed by atoms with Gasteiger partial charge in [0.2, 0.25) is 0 Å². The number of carbonyl (C=O) groups is 1. The van der Waals surface area contributed by atoms with Gasteiger partial charge < -0.3 is 14.9 Å². The minimum Gasteiger partial charge on any atom is -0.347 e. The highest BCUT2D eigenvalue weighted by Crippen LogP contribution is 2.32. The van der Waals surface area contributed by atoms with Crippen molar-refractivity contribution in [2.24, 2.45) is 0 Å². The monoisotopic (exact) mass is 244 g/mol. The van der Waals surface area contributed by atoms with Crippen molar-refractivity contribution in [3.05, 3.63) is 42.2 Å². The average Bonchev–Trinajstić information content (AvgIpc) is 2.94. The molecular weight excluding hydrogens is 228 g/mol. The summed E-state index contributed by atoms with van der Waals surface area (Å²) in [6.45, 7) is 0.432. The van der Waals surface area contributed by atoms with E-state index in [9.17, 15) is 4.79 Å². The van der Waals surface area contributed by atoms with Gasteiger partial charge >= 0.3 is 0 Å². The molecule has 1 amide bonds. The quantitative estimate of drug-likeness (QED) is 0.862. The molecule has 2 aromatic heterocycles. The minimum absolute atomic E-state index is 0.0386. The summed E-state index contributed by atoms with van der Waals surface area (Å²) >= 11 is 0. The molecule has 2 N–H and O–H groups in total. The number of imidazole rings is 1. The van der Waals surface area contributed by atoms with Crippen LogP contribution in [-0.2, 0) is 6.54 Å². The highest BCUT2D eigenvalue weighted by molar-refractivity contribution is 5.92. The van der Waals surface area contributed by atoms with Crippen LogP contribution in [0.5, 0.6) is 0 Å². The van der Waals surface area contributed by atoms with E-state index in [1.165, 1.54) is 19.3 Å². The number of aromatic amines is 1. The number of aromatic nitrogens is 3. The third-order valence-corrected chi connectivity index (χ3v) is 3.45. The Bertz CT molecular complexity index is 525. The lowest BCUT2D eigenvalue weighted by atomic mass is 9.93. The molecule has 0 aliphatic heterocycles. The van der Waals surface area contributed by atoms with Gasteiger partial charge in [-0.15, -0.1) is 0 Å². The third kappa shape index (κ3) is 2.03. The summed E-state index contributed by atoms with van der Waals surface area (Å²) in [5.41, 5.74) is 0.742. The molecule has 0 atom stereocenters. The zero-order valence-electron chi connectivity index (χ0n) is 10.1. The highest BCUT2D eigenvalue weighted by Gasteiger charge is 2.22. The molecule has 0 saturated heterocycles. The van der Waals surface area contributed by atoms with Crippen molar-refractivity contribution in [2.45, 2.75) is 31.8 Å². The van der Waals surface area contributed by atoms with Crippen molar-refractivity contribution in [3.63, 3.8) is 0 Å². The largest absolute Gasteiger partial charge is 0.347 e. The van der Waals surface area contributed by atoms with Crippen LogP contribution in [0.4, 0.5) is 0 Å². The first kappa shape index (κ1) is 11.1. The maximum absolute atomic E-state index is 12.1. The molecule has 1 aliphatic rings. The predicted molar refractivity (Wildman–Crippen MR) is 67.1 cm³/mol. The van der Waals surface area contributed by atoms with E-state index >= 15 is 0 Å². The molecule has 1 saturated carbocycles. The van der Waals surface area contributed by atoms with Crippen LogP contribution in [0.25, 0.3) is 0 Å². The number of nitrogens with one attached hydrogen (secondary N) is 2. The van der Waals surface area contributed by atoms with Crippen molar-refractivity contribution < 1.29 is 4.79 Å². The SMILES string of the molecule is O=C(NCc1ncc[nH]1)c1cccn1C1CCC1. The molecule has 0 spiro atoms. The highest BCUT2D eigenvalue weighted by atomic mass is 16.1. The summed E-state index contributed by atoms with van der Waals surface area (Å²) in [6, 6.07) is 4.31. The van der Waals surface area contributed by atoms with Crippen LogP contribution in [0.1, 0.15) is 41.6 Å². The molecule has 94 valence electrons. The number of carbonyl (C=O) groups excluding carboxylic acids is 1. The van der Waals surface area contributed by atoms with E-state index in [-0.39, 0.29) is 5.91 Å². The molecule has 0 aromatic carbocycles. The van der Waals surface area contributed by atoms with Gasteiger partial charge in [-0.2, -0.15) is 0 Å². The first-order valence-electron chi connectivity index (χ1n) is 6.28. The molecule has 1 aliphatic carbocycles. The smallest absolute Gasteiger partial charge is 0.268 e. The summed E-state index contributed by atoms with van der Waals surface area (Å²) in [5.74, 6) is 0.730. The summed E-state index contributed by atoms with van der Waals surface area (Å²) < 4.78 is 2.08. The topological polar surface area (TPSA) is 62.7 Å². The lowest BCUT2D eigenvalue weighted by molar-refractivity contribution is 0.0935. The van der Waals surface area contributed by atoms with Gasteiger partial charge in [0.05, 0.1) is 6.54 Å². The maximum Gasteiger partial charge on any atom is 0.268 e. The molecular formula is C13H16N4O. The predicted octanol–water partition coefficient (Wildman–Crippen LogP) is 1.87. The zero-order valence-corrected chi connectivity index (χ0v) is 10.1. The molecule has 18 heavy (non-hydrogen) atoms. The van der Waals surface area contributed by atoms with Crippen molar-refractivity contribution in [1.82, 2.24) is 19.9 Å². The van der Waals surface area contributed by atoms with Crippen molar-refractivity contribution in [2.75, 3.05) is 0 Å². The lowest BCUT2D eigenvalue weighted by Gasteiger charge is -2.28. The van der Waals surface area contributed by atoms with E-state index in [1.54, 1.807) is 12.4 Å². The second-order valence-electron chi connectivity index (χ2n) is 4.60. The van der Waals surface area contributed by atoms with Crippen LogP contribution in [0.2, 0.25) is 0 Å². The normalized spacial score (nSPS) is 15.3. The van der Waals surface area contributed by atoms with Gasteiger partial charge in [-0.1, -0.05) is 0 Å². The average molecular weight is 244 g/mol.